The number of anilines is 1. The SMILES string of the molecule is COCCN1C(=O)[C@@H]2[C@@H]([C@@H](C)O)[NH2+][C@]3(C(=O)Nc4ccc(F)cc43)[C@@H]2C1=O. The highest BCUT2D eigenvalue weighted by atomic mass is 19.1. The van der Waals surface area contributed by atoms with E-state index in [4.69, 9.17) is 4.74 Å². The van der Waals surface area contributed by atoms with Gasteiger partial charge in [0.05, 0.1) is 18.8 Å². The van der Waals surface area contributed by atoms with Crippen molar-refractivity contribution in [2.24, 2.45) is 11.8 Å². The van der Waals surface area contributed by atoms with Crippen LogP contribution in [0.25, 0.3) is 0 Å². The number of fused-ring (bicyclic) bond motifs is 4. The summed E-state index contributed by atoms with van der Waals surface area (Å²) >= 11 is 0. The summed E-state index contributed by atoms with van der Waals surface area (Å²) in [6.45, 7) is 1.76. The van der Waals surface area contributed by atoms with E-state index >= 15 is 0 Å². The Balaban J connectivity index is 1.86. The van der Waals surface area contributed by atoms with Crippen molar-refractivity contribution in [1.29, 1.82) is 0 Å². The number of methoxy groups -OCH3 is 1. The summed E-state index contributed by atoms with van der Waals surface area (Å²) in [7, 11) is 1.46. The number of nitrogens with one attached hydrogen (secondary N) is 1. The standard InChI is InChI=1S/C18H20FN3O5/c1-8(23)14-12-13(16(25)22(15(12)24)5-6-27-2)18(21-14)10-7-9(19)3-4-11(10)20-17(18)26/h3-4,7-8,12-14,21,23H,5-6H2,1-2H3,(H,20,26)/p+1/t8-,12+,13+,14-,18+/m1/s1. The number of aliphatic hydroxyl groups is 1. The first kappa shape index (κ1) is 18.0. The summed E-state index contributed by atoms with van der Waals surface area (Å²) < 4.78 is 18.9. The predicted octanol–water partition coefficient (Wildman–Crippen LogP) is -1.45. The molecule has 3 heterocycles. The molecule has 8 nitrogen and oxygen atoms in total. The molecule has 9 heteroatoms. The molecule has 0 bridgehead atoms. The first-order valence-corrected chi connectivity index (χ1v) is 8.82. The maximum absolute atomic E-state index is 14.0. The topological polar surface area (TPSA) is 113 Å². The molecule has 1 spiro atoms. The molecule has 144 valence electrons. The normalized spacial score (nSPS) is 32.8. The molecule has 0 unspecified atom stereocenters. The van der Waals surface area contributed by atoms with E-state index in [1.165, 1.54) is 32.2 Å². The molecule has 1 aromatic carbocycles. The van der Waals surface area contributed by atoms with E-state index in [9.17, 15) is 23.9 Å². The summed E-state index contributed by atoms with van der Waals surface area (Å²) in [5, 5.41) is 14.5. The van der Waals surface area contributed by atoms with E-state index in [1.807, 2.05) is 0 Å². The number of quaternary nitrogens is 1. The quantitative estimate of drug-likeness (QED) is 0.555. The number of ether oxygens (including phenoxy) is 1. The molecule has 5 atom stereocenters. The third kappa shape index (κ3) is 2.28. The lowest BCUT2D eigenvalue weighted by Gasteiger charge is -2.26. The fraction of sp³-hybridized carbons (Fsp3) is 0.500. The Morgan fingerprint density at radius 3 is 2.78 bits per heavy atom. The molecular formula is C18H21FN3O5+. The van der Waals surface area contributed by atoms with Crippen LogP contribution >= 0.6 is 0 Å². The van der Waals surface area contributed by atoms with Crippen molar-refractivity contribution >= 4 is 23.4 Å². The van der Waals surface area contributed by atoms with E-state index in [0.29, 0.717) is 11.3 Å². The molecule has 27 heavy (non-hydrogen) atoms. The van der Waals surface area contributed by atoms with Crippen LogP contribution in [-0.4, -0.2) is 60.1 Å². The Morgan fingerprint density at radius 2 is 2.11 bits per heavy atom. The van der Waals surface area contributed by atoms with Crippen LogP contribution in [0.3, 0.4) is 0 Å². The zero-order valence-electron chi connectivity index (χ0n) is 14.9. The van der Waals surface area contributed by atoms with Crippen molar-refractivity contribution in [2.45, 2.75) is 24.6 Å². The largest absolute Gasteiger partial charge is 0.387 e. The Morgan fingerprint density at radius 1 is 1.37 bits per heavy atom. The zero-order valence-corrected chi connectivity index (χ0v) is 14.9. The third-order valence-electron chi connectivity index (χ3n) is 5.93. The molecule has 2 saturated heterocycles. The van der Waals surface area contributed by atoms with Gasteiger partial charge in [0.1, 0.15) is 29.8 Å². The number of carbonyl (C=O) groups is 3. The van der Waals surface area contributed by atoms with Crippen molar-refractivity contribution in [1.82, 2.24) is 4.90 Å². The summed E-state index contributed by atoms with van der Waals surface area (Å²) in [4.78, 5) is 40.2. The third-order valence-corrected chi connectivity index (χ3v) is 5.93. The van der Waals surface area contributed by atoms with Gasteiger partial charge in [0, 0.05) is 12.7 Å². The number of hydrogen-bond acceptors (Lipinski definition) is 5. The molecule has 1 aromatic rings. The number of nitrogens with two attached hydrogens (primary N) is 1. The average Bonchev–Trinajstić information content (AvgIpc) is 3.20. The van der Waals surface area contributed by atoms with Gasteiger partial charge in [-0.05, 0) is 25.1 Å². The molecular weight excluding hydrogens is 357 g/mol. The van der Waals surface area contributed by atoms with Gasteiger partial charge >= 0.3 is 0 Å². The van der Waals surface area contributed by atoms with E-state index in [1.54, 1.807) is 5.32 Å². The van der Waals surface area contributed by atoms with Crippen LogP contribution in [0.5, 0.6) is 0 Å². The molecule has 0 aliphatic carbocycles. The molecule has 3 aliphatic heterocycles. The number of benzene rings is 1. The highest BCUT2D eigenvalue weighted by Crippen LogP contribution is 2.49. The van der Waals surface area contributed by atoms with Crippen LogP contribution in [0.2, 0.25) is 0 Å². The van der Waals surface area contributed by atoms with E-state index in [2.05, 4.69) is 5.32 Å². The second kappa shape index (κ2) is 6.08. The van der Waals surface area contributed by atoms with Crippen LogP contribution in [0, 0.1) is 17.7 Å². The number of carbonyl (C=O) groups excluding carboxylic acids is 3. The Bertz CT molecular complexity index is 844. The maximum atomic E-state index is 14.0. The van der Waals surface area contributed by atoms with Crippen molar-refractivity contribution in [3.8, 4) is 0 Å². The number of amides is 3. The zero-order chi connectivity index (χ0) is 19.5. The minimum absolute atomic E-state index is 0.0708. The number of imide groups is 1. The van der Waals surface area contributed by atoms with Gasteiger partial charge < -0.3 is 20.5 Å². The van der Waals surface area contributed by atoms with E-state index < -0.39 is 53.1 Å². The fourth-order valence-electron chi connectivity index (χ4n) is 4.76. The van der Waals surface area contributed by atoms with Gasteiger partial charge in [-0.1, -0.05) is 0 Å². The number of likely N-dealkylation sites (tertiary alicyclic amines) is 1. The van der Waals surface area contributed by atoms with Crippen LogP contribution < -0.4 is 10.6 Å². The second-order valence-corrected chi connectivity index (χ2v) is 7.32. The van der Waals surface area contributed by atoms with E-state index in [0.717, 1.165) is 4.90 Å². The number of nitrogens with zero attached hydrogens (tertiary/aromatic N) is 1. The lowest BCUT2D eigenvalue weighted by Crippen LogP contribution is -3.00. The molecule has 4 rings (SSSR count). The number of hydrogen-bond donors (Lipinski definition) is 3. The van der Waals surface area contributed by atoms with Crippen LogP contribution in [0.1, 0.15) is 12.5 Å². The van der Waals surface area contributed by atoms with Crippen LogP contribution in [0.4, 0.5) is 10.1 Å². The van der Waals surface area contributed by atoms with Gasteiger partial charge in [-0.3, -0.25) is 19.3 Å². The molecule has 0 aromatic heterocycles. The highest BCUT2D eigenvalue weighted by molar-refractivity contribution is 6.13. The summed E-state index contributed by atoms with van der Waals surface area (Å²) in [6, 6.07) is 3.20. The van der Waals surface area contributed by atoms with Gasteiger partial charge in [-0.15, -0.1) is 0 Å². The molecule has 0 saturated carbocycles. The lowest BCUT2D eigenvalue weighted by atomic mass is 9.76. The first-order valence-electron chi connectivity index (χ1n) is 8.82. The van der Waals surface area contributed by atoms with Gasteiger partial charge in [-0.2, -0.15) is 0 Å². The lowest BCUT2D eigenvalue weighted by molar-refractivity contribution is -0.738. The van der Waals surface area contributed by atoms with Crippen molar-refractivity contribution in [2.75, 3.05) is 25.6 Å². The van der Waals surface area contributed by atoms with Crippen LogP contribution in [-0.2, 0) is 24.7 Å². The Labute approximate surface area is 154 Å². The van der Waals surface area contributed by atoms with Gasteiger partial charge in [0.2, 0.25) is 17.4 Å². The van der Waals surface area contributed by atoms with Crippen LogP contribution in [0.15, 0.2) is 18.2 Å². The fourth-order valence-corrected chi connectivity index (χ4v) is 4.76. The van der Waals surface area contributed by atoms with Gasteiger partial charge in [0.25, 0.3) is 5.91 Å². The molecule has 3 amide bonds. The van der Waals surface area contributed by atoms with Crippen molar-refractivity contribution < 1.29 is 33.9 Å². The number of rotatable bonds is 4. The minimum atomic E-state index is -1.47. The number of halogens is 1. The number of aliphatic hydroxyl groups excluding tert-OH is 1. The average molecular weight is 378 g/mol. The highest BCUT2D eigenvalue weighted by Gasteiger charge is 2.74. The predicted molar refractivity (Wildman–Crippen MR) is 89.7 cm³/mol. The smallest absolute Gasteiger partial charge is 0.291 e. The maximum Gasteiger partial charge on any atom is 0.291 e. The Kier molecular flexibility index (Phi) is 4.06. The van der Waals surface area contributed by atoms with Crippen molar-refractivity contribution in [3.63, 3.8) is 0 Å². The van der Waals surface area contributed by atoms with Gasteiger partial charge in [-0.25, -0.2) is 4.39 Å². The monoisotopic (exact) mass is 378 g/mol. The second-order valence-electron chi connectivity index (χ2n) is 7.32. The molecule has 4 N–H and O–H groups in total. The van der Waals surface area contributed by atoms with E-state index in [-0.39, 0.29) is 13.2 Å². The molecule has 2 fully saturated rings. The molecule has 0 radical (unpaired) electrons. The molecule has 3 aliphatic rings. The van der Waals surface area contributed by atoms with Crippen molar-refractivity contribution in [3.05, 3.63) is 29.6 Å². The van der Waals surface area contributed by atoms with Gasteiger partial charge in [0.15, 0.2) is 0 Å². The first-order chi connectivity index (χ1) is 12.8. The Hall–Kier alpha value is -2.36. The summed E-state index contributed by atoms with van der Waals surface area (Å²) in [6.07, 6.45) is -0.943. The minimum Gasteiger partial charge on any atom is -0.387 e. The summed E-state index contributed by atoms with van der Waals surface area (Å²) in [5.74, 6) is -3.81. The summed E-state index contributed by atoms with van der Waals surface area (Å²) in [5.41, 5.74) is -0.725.